The van der Waals surface area contributed by atoms with E-state index in [1.807, 2.05) is 17.5 Å². The Morgan fingerprint density at radius 2 is 2.17 bits per heavy atom. The highest BCUT2D eigenvalue weighted by Crippen LogP contribution is 2.35. The van der Waals surface area contributed by atoms with E-state index < -0.39 is 0 Å². The normalized spacial score (nSPS) is 13.1. The maximum absolute atomic E-state index is 11.9. The molecule has 0 unspecified atom stereocenters. The van der Waals surface area contributed by atoms with Gasteiger partial charge in [-0.2, -0.15) is 10.5 Å². The van der Waals surface area contributed by atoms with E-state index >= 15 is 0 Å². The van der Waals surface area contributed by atoms with Crippen LogP contribution < -0.4 is 16.0 Å². The number of thiophene rings is 1. The number of nitrogens with zero attached hydrogens (tertiary/aromatic N) is 2. The maximum Gasteiger partial charge on any atom is 0.289 e. The number of carbonyl (C=O) groups is 1. The molecule has 2 aromatic rings. The topological polar surface area (TPSA) is 117 Å². The van der Waals surface area contributed by atoms with Gasteiger partial charge in [-0.3, -0.25) is 10.5 Å². The Hall–Kier alpha value is -2.55. The summed E-state index contributed by atoms with van der Waals surface area (Å²) in [7, 11) is 0. The van der Waals surface area contributed by atoms with Gasteiger partial charge in [0.25, 0.3) is 5.82 Å². The van der Waals surface area contributed by atoms with Gasteiger partial charge in [-0.25, -0.2) is 4.98 Å². The van der Waals surface area contributed by atoms with Crippen molar-refractivity contribution in [2.75, 3.05) is 11.5 Å². The minimum absolute atomic E-state index is 0.0691. The predicted octanol–water partition coefficient (Wildman–Crippen LogP) is 1.93. The zero-order valence-electron chi connectivity index (χ0n) is 12.6. The second kappa shape index (κ2) is 6.91. The molecular weight excluding hydrogens is 342 g/mol. The molecule has 0 bridgehead atoms. The van der Waals surface area contributed by atoms with E-state index in [0.717, 1.165) is 17.7 Å². The Balaban J connectivity index is 1.96. The highest BCUT2D eigenvalue weighted by Gasteiger charge is 2.26. The second-order valence-corrected chi connectivity index (χ2v) is 7.26. The number of H-pyrrole nitrogens is 1. The van der Waals surface area contributed by atoms with Crippen molar-refractivity contribution in [3.63, 3.8) is 0 Å². The van der Waals surface area contributed by atoms with Gasteiger partial charge in [0.1, 0.15) is 17.7 Å². The summed E-state index contributed by atoms with van der Waals surface area (Å²) < 4.78 is 0. The minimum atomic E-state index is -0.0691. The number of pyridine rings is 1. The summed E-state index contributed by atoms with van der Waals surface area (Å²) in [6, 6.07) is 8.20. The number of hydrogen-bond donors (Lipinski definition) is 2. The van der Waals surface area contributed by atoms with E-state index in [-0.39, 0.29) is 23.0 Å². The van der Waals surface area contributed by atoms with Crippen LogP contribution in [0.2, 0.25) is 0 Å². The molecular formula is C16H14N5OS2+. The van der Waals surface area contributed by atoms with Gasteiger partial charge in [0, 0.05) is 16.5 Å². The van der Waals surface area contributed by atoms with Crippen molar-refractivity contribution in [1.82, 2.24) is 5.32 Å². The molecule has 8 heteroatoms. The zero-order chi connectivity index (χ0) is 17.1. The summed E-state index contributed by atoms with van der Waals surface area (Å²) in [6.07, 6.45) is 2.05. The third kappa shape index (κ3) is 3.35. The molecule has 0 spiro atoms. The summed E-state index contributed by atoms with van der Waals surface area (Å²) in [5.41, 5.74) is 7.08. The van der Waals surface area contributed by atoms with E-state index in [1.54, 1.807) is 0 Å². The average Bonchev–Trinajstić information content (AvgIpc) is 3.21. The summed E-state index contributed by atoms with van der Waals surface area (Å²) in [5.74, 6) is 0.321. The standard InChI is InChI=1S/C16H13N5OS2/c17-6-10-14(12-2-1-5-23-12)11(7-18)16(21-15(10)19)24-8-13(22)20-9-3-4-9/h1-2,5,9H,3-4,8H2,(H2,19,21)(H,20,22)/p+1. The van der Waals surface area contributed by atoms with Gasteiger partial charge in [0.15, 0.2) is 10.6 Å². The van der Waals surface area contributed by atoms with Crippen molar-refractivity contribution in [1.29, 1.82) is 10.5 Å². The monoisotopic (exact) mass is 356 g/mol. The maximum atomic E-state index is 11.9. The van der Waals surface area contributed by atoms with Crippen molar-refractivity contribution in [3.8, 4) is 22.6 Å². The number of amides is 1. The smallest absolute Gasteiger partial charge is 0.289 e. The number of aromatic nitrogens is 1. The summed E-state index contributed by atoms with van der Waals surface area (Å²) >= 11 is 2.65. The molecule has 0 saturated heterocycles. The average molecular weight is 356 g/mol. The molecule has 0 atom stereocenters. The summed E-state index contributed by atoms with van der Waals surface area (Å²) in [6.45, 7) is 0. The van der Waals surface area contributed by atoms with E-state index in [4.69, 9.17) is 5.73 Å². The van der Waals surface area contributed by atoms with Crippen LogP contribution in [0.1, 0.15) is 24.0 Å². The largest absolute Gasteiger partial charge is 0.353 e. The first-order valence-corrected chi connectivity index (χ1v) is 9.15. The Kier molecular flexibility index (Phi) is 4.70. The number of thioether (sulfide) groups is 1. The highest BCUT2D eigenvalue weighted by atomic mass is 32.2. The first-order valence-electron chi connectivity index (χ1n) is 7.29. The first kappa shape index (κ1) is 16.3. The lowest BCUT2D eigenvalue weighted by Crippen LogP contribution is -2.28. The molecule has 6 nitrogen and oxygen atoms in total. The SMILES string of the molecule is N#Cc1c(N)[nH+]c(SCC(=O)NC2CC2)c(C#N)c1-c1cccs1. The van der Waals surface area contributed by atoms with Gasteiger partial charge in [-0.05, 0) is 24.3 Å². The van der Waals surface area contributed by atoms with E-state index in [2.05, 4.69) is 22.4 Å². The molecule has 1 aliphatic rings. The third-order valence-corrected chi connectivity index (χ3v) is 5.41. The van der Waals surface area contributed by atoms with Crippen LogP contribution in [0.15, 0.2) is 22.5 Å². The zero-order valence-corrected chi connectivity index (χ0v) is 14.3. The van der Waals surface area contributed by atoms with Gasteiger partial charge in [0.05, 0.1) is 5.75 Å². The van der Waals surface area contributed by atoms with Gasteiger partial charge >= 0.3 is 0 Å². The van der Waals surface area contributed by atoms with Gasteiger partial charge in [-0.1, -0.05) is 17.8 Å². The van der Waals surface area contributed by atoms with E-state index in [1.165, 1.54) is 23.1 Å². The van der Waals surface area contributed by atoms with Crippen LogP contribution in [-0.2, 0) is 4.79 Å². The fourth-order valence-electron chi connectivity index (χ4n) is 2.25. The molecule has 1 amide bonds. The number of nitrogens with one attached hydrogen (secondary N) is 2. The quantitative estimate of drug-likeness (QED) is 0.794. The van der Waals surface area contributed by atoms with Crippen LogP contribution in [-0.4, -0.2) is 17.7 Å². The molecule has 1 saturated carbocycles. The molecule has 1 fully saturated rings. The van der Waals surface area contributed by atoms with Crippen LogP contribution in [0, 0.1) is 22.7 Å². The van der Waals surface area contributed by atoms with Gasteiger partial charge in [0.2, 0.25) is 5.91 Å². The lowest BCUT2D eigenvalue weighted by atomic mass is 10.0. The Morgan fingerprint density at radius 1 is 1.42 bits per heavy atom. The fourth-order valence-corrected chi connectivity index (χ4v) is 3.87. The summed E-state index contributed by atoms with van der Waals surface area (Å²) in [5, 5.41) is 24.3. The van der Waals surface area contributed by atoms with Crippen molar-refractivity contribution >= 4 is 34.8 Å². The molecule has 24 heavy (non-hydrogen) atoms. The molecule has 3 rings (SSSR count). The van der Waals surface area contributed by atoms with Crippen LogP contribution in [0.25, 0.3) is 10.4 Å². The van der Waals surface area contributed by atoms with Gasteiger partial charge in [-0.15, -0.1) is 11.3 Å². The number of anilines is 1. The Labute approximate surface area is 147 Å². The van der Waals surface area contributed by atoms with Crippen LogP contribution in [0.4, 0.5) is 5.82 Å². The first-order chi connectivity index (χ1) is 11.6. The summed E-state index contributed by atoms with van der Waals surface area (Å²) in [4.78, 5) is 15.6. The van der Waals surface area contributed by atoms with Crippen molar-refractivity contribution in [2.45, 2.75) is 23.9 Å². The van der Waals surface area contributed by atoms with Crippen LogP contribution in [0.5, 0.6) is 0 Å². The van der Waals surface area contributed by atoms with Crippen molar-refractivity contribution < 1.29 is 9.78 Å². The second-order valence-electron chi connectivity index (χ2n) is 5.32. The van der Waals surface area contributed by atoms with Crippen molar-refractivity contribution in [2.24, 2.45) is 0 Å². The van der Waals surface area contributed by atoms with Gasteiger partial charge < -0.3 is 5.32 Å². The van der Waals surface area contributed by atoms with Crippen LogP contribution >= 0.6 is 23.1 Å². The fraction of sp³-hybridized carbons (Fsp3) is 0.250. The molecule has 120 valence electrons. The molecule has 0 aliphatic heterocycles. The minimum Gasteiger partial charge on any atom is -0.353 e. The highest BCUT2D eigenvalue weighted by molar-refractivity contribution is 7.99. The molecule has 2 aromatic heterocycles. The molecule has 0 radical (unpaired) electrons. The molecule has 2 heterocycles. The number of nitrogen functional groups attached to an aromatic ring is 1. The molecule has 0 aromatic carbocycles. The van der Waals surface area contributed by atoms with E-state index in [0.29, 0.717) is 22.2 Å². The Morgan fingerprint density at radius 3 is 2.75 bits per heavy atom. The van der Waals surface area contributed by atoms with Crippen LogP contribution in [0.3, 0.4) is 0 Å². The lowest BCUT2D eigenvalue weighted by molar-refractivity contribution is -0.410. The van der Waals surface area contributed by atoms with E-state index in [9.17, 15) is 15.3 Å². The Bertz CT molecular complexity index is 860. The lowest BCUT2D eigenvalue weighted by Gasteiger charge is -2.08. The molecule has 1 aliphatic carbocycles. The number of carbonyl (C=O) groups excluding carboxylic acids is 1. The third-order valence-electron chi connectivity index (χ3n) is 3.53. The number of nitrogens with two attached hydrogens (primary N) is 1. The predicted molar refractivity (Wildman–Crippen MR) is 92.0 cm³/mol. The number of nitriles is 2. The number of rotatable bonds is 5. The number of hydrogen-bond acceptors (Lipinski definition) is 6. The molecule has 4 N–H and O–H groups in total. The number of aromatic amines is 1. The van der Waals surface area contributed by atoms with Crippen molar-refractivity contribution in [3.05, 3.63) is 28.6 Å².